The van der Waals surface area contributed by atoms with Gasteiger partial charge in [-0.3, -0.25) is 14.0 Å². The van der Waals surface area contributed by atoms with Crippen molar-refractivity contribution in [2.24, 2.45) is 0 Å². The third-order valence-electron chi connectivity index (χ3n) is 3.20. The normalized spacial score (nSPS) is 11.1. The number of hydrogen-bond donors (Lipinski definition) is 1. The van der Waals surface area contributed by atoms with Crippen LogP contribution in [0.5, 0.6) is 0 Å². The lowest BCUT2D eigenvalue weighted by atomic mass is 10.2. The SMILES string of the molecule is Cc1cnn(CCn2c(=S)[nH]c3ccccc3c2=O)c1. The highest BCUT2D eigenvalue weighted by Gasteiger charge is 2.05. The minimum absolute atomic E-state index is 0.0618. The summed E-state index contributed by atoms with van der Waals surface area (Å²) in [5.74, 6) is 0. The van der Waals surface area contributed by atoms with Crippen LogP contribution >= 0.6 is 12.2 Å². The molecule has 5 nitrogen and oxygen atoms in total. The van der Waals surface area contributed by atoms with Crippen LogP contribution in [0.3, 0.4) is 0 Å². The first-order valence-corrected chi connectivity index (χ1v) is 6.77. The molecule has 0 amide bonds. The molecule has 2 heterocycles. The number of aryl methyl sites for hydroxylation is 2. The van der Waals surface area contributed by atoms with Crippen molar-refractivity contribution in [2.45, 2.75) is 20.0 Å². The van der Waals surface area contributed by atoms with Crippen LogP contribution in [0.2, 0.25) is 0 Å². The summed E-state index contributed by atoms with van der Waals surface area (Å²) in [4.78, 5) is 15.5. The Balaban J connectivity index is 1.99. The molecule has 0 aliphatic rings. The lowest BCUT2D eigenvalue weighted by Crippen LogP contribution is -2.24. The number of aromatic nitrogens is 4. The summed E-state index contributed by atoms with van der Waals surface area (Å²) in [6.45, 7) is 3.10. The quantitative estimate of drug-likeness (QED) is 0.751. The Hall–Kier alpha value is -2.21. The van der Waals surface area contributed by atoms with Crippen molar-refractivity contribution in [1.82, 2.24) is 19.3 Å². The molecule has 0 atom stereocenters. The molecule has 6 heteroatoms. The summed E-state index contributed by atoms with van der Waals surface area (Å²) >= 11 is 5.27. The molecule has 0 fully saturated rings. The van der Waals surface area contributed by atoms with Crippen LogP contribution in [0.25, 0.3) is 10.9 Å². The topological polar surface area (TPSA) is 55.6 Å². The van der Waals surface area contributed by atoms with Gasteiger partial charge in [0.15, 0.2) is 4.77 Å². The number of fused-ring (bicyclic) bond motifs is 1. The van der Waals surface area contributed by atoms with Gasteiger partial charge in [0.1, 0.15) is 0 Å². The molecule has 0 unspecified atom stereocenters. The van der Waals surface area contributed by atoms with E-state index in [4.69, 9.17) is 12.2 Å². The number of benzene rings is 1. The number of rotatable bonds is 3. The predicted molar refractivity (Wildman–Crippen MR) is 80.4 cm³/mol. The van der Waals surface area contributed by atoms with E-state index in [1.807, 2.05) is 36.0 Å². The van der Waals surface area contributed by atoms with Gasteiger partial charge in [-0.1, -0.05) is 12.1 Å². The minimum Gasteiger partial charge on any atom is -0.332 e. The maximum absolute atomic E-state index is 12.4. The molecule has 20 heavy (non-hydrogen) atoms. The zero-order valence-corrected chi connectivity index (χ0v) is 11.9. The van der Waals surface area contributed by atoms with E-state index in [0.717, 1.165) is 11.1 Å². The number of H-pyrrole nitrogens is 1. The van der Waals surface area contributed by atoms with Crippen molar-refractivity contribution < 1.29 is 0 Å². The fraction of sp³-hybridized carbons (Fsp3) is 0.214. The van der Waals surface area contributed by atoms with E-state index in [0.29, 0.717) is 23.2 Å². The zero-order valence-electron chi connectivity index (χ0n) is 11.0. The van der Waals surface area contributed by atoms with Crippen molar-refractivity contribution >= 4 is 23.1 Å². The van der Waals surface area contributed by atoms with Gasteiger partial charge < -0.3 is 4.98 Å². The average Bonchev–Trinajstić information content (AvgIpc) is 2.84. The maximum Gasteiger partial charge on any atom is 0.262 e. The molecule has 2 aromatic heterocycles. The predicted octanol–water partition coefficient (Wildman–Crippen LogP) is 2.26. The summed E-state index contributed by atoms with van der Waals surface area (Å²) in [5.41, 5.74) is 1.81. The van der Waals surface area contributed by atoms with Crippen molar-refractivity contribution in [3.63, 3.8) is 0 Å². The van der Waals surface area contributed by atoms with Gasteiger partial charge in [0.05, 0.1) is 23.6 Å². The Morgan fingerprint density at radius 1 is 1.30 bits per heavy atom. The van der Waals surface area contributed by atoms with E-state index in [1.54, 1.807) is 16.8 Å². The second-order valence-corrected chi connectivity index (χ2v) is 5.10. The summed E-state index contributed by atoms with van der Waals surface area (Å²) < 4.78 is 3.83. The number of nitrogens with zero attached hydrogens (tertiary/aromatic N) is 3. The van der Waals surface area contributed by atoms with Crippen LogP contribution in [-0.2, 0) is 13.1 Å². The molecule has 1 aromatic carbocycles. The van der Waals surface area contributed by atoms with Crippen LogP contribution in [0.15, 0.2) is 41.5 Å². The second-order valence-electron chi connectivity index (χ2n) is 4.71. The van der Waals surface area contributed by atoms with Crippen molar-refractivity contribution in [2.75, 3.05) is 0 Å². The fourth-order valence-corrected chi connectivity index (χ4v) is 2.48. The van der Waals surface area contributed by atoms with Gasteiger partial charge in [-0.15, -0.1) is 0 Å². The lowest BCUT2D eigenvalue weighted by Gasteiger charge is -2.08. The highest BCUT2D eigenvalue weighted by atomic mass is 32.1. The van der Waals surface area contributed by atoms with Gasteiger partial charge in [-0.25, -0.2) is 0 Å². The second kappa shape index (κ2) is 5.05. The molecule has 0 saturated carbocycles. The molecule has 3 rings (SSSR count). The highest BCUT2D eigenvalue weighted by molar-refractivity contribution is 7.71. The number of aromatic amines is 1. The van der Waals surface area contributed by atoms with Crippen LogP contribution in [-0.4, -0.2) is 19.3 Å². The van der Waals surface area contributed by atoms with Gasteiger partial charge in [0.25, 0.3) is 5.56 Å². The van der Waals surface area contributed by atoms with Crippen molar-refractivity contribution in [3.8, 4) is 0 Å². The minimum atomic E-state index is -0.0618. The van der Waals surface area contributed by atoms with Crippen molar-refractivity contribution in [1.29, 1.82) is 0 Å². The lowest BCUT2D eigenvalue weighted by molar-refractivity contribution is 0.517. The monoisotopic (exact) mass is 286 g/mol. The fourth-order valence-electron chi connectivity index (χ4n) is 2.19. The summed E-state index contributed by atoms with van der Waals surface area (Å²) in [6, 6.07) is 7.39. The number of hydrogen-bond acceptors (Lipinski definition) is 3. The first-order valence-electron chi connectivity index (χ1n) is 6.36. The smallest absolute Gasteiger partial charge is 0.262 e. The molecule has 0 aliphatic carbocycles. The Kier molecular flexibility index (Phi) is 3.23. The first-order chi connectivity index (χ1) is 9.65. The third kappa shape index (κ3) is 2.30. The molecule has 0 saturated heterocycles. The Morgan fingerprint density at radius 3 is 2.85 bits per heavy atom. The molecule has 102 valence electrons. The van der Waals surface area contributed by atoms with Crippen LogP contribution in [0.4, 0.5) is 0 Å². The third-order valence-corrected chi connectivity index (χ3v) is 3.53. The highest BCUT2D eigenvalue weighted by Crippen LogP contribution is 2.06. The van der Waals surface area contributed by atoms with E-state index >= 15 is 0 Å². The Labute approximate surface area is 120 Å². The Morgan fingerprint density at radius 2 is 2.10 bits per heavy atom. The molecule has 0 bridgehead atoms. The molecule has 1 N–H and O–H groups in total. The van der Waals surface area contributed by atoms with Gasteiger partial charge in [0, 0.05) is 12.7 Å². The van der Waals surface area contributed by atoms with E-state index < -0.39 is 0 Å². The molecule has 0 aliphatic heterocycles. The number of para-hydroxylation sites is 1. The summed E-state index contributed by atoms with van der Waals surface area (Å²) in [5, 5.41) is 4.86. The maximum atomic E-state index is 12.4. The van der Waals surface area contributed by atoms with Gasteiger partial charge in [-0.2, -0.15) is 5.10 Å². The van der Waals surface area contributed by atoms with Gasteiger partial charge >= 0.3 is 0 Å². The molecular weight excluding hydrogens is 272 g/mol. The van der Waals surface area contributed by atoms with Crippen LogP contribution in [0, 0.1) is 11.7 Å². The summed E-state index contributed by atoms with van der Waals surface area (Å²) in [7, 11) is 0. The number of nitrogens with one attached hydrogen (secondary N) is 1. The largest absolute Gasteiger partial charge is 0.332 e. The first kappa shape index (κ1) is 12.8. The standard InChI is InChI=1S/C14H14N4OS/c1-10-8-15-17(9-10)6-7-18-13(19)11-4-2-3-5-12(11)16-14(18)20/h2-5,8-9H,6-7H2,1H3,(H,16,20). The molecular formula is C14H14N4OS. The summed E-state index contributed by atoms with van der Waals surface area (Å²) in [6.07, 6.45) is 3.74. The zero-order chi connectivity index (χ0) is 14.1. The van der Waals surface area contributed by atoms with Crippen LogP contribution < -0.4 is 5.56 Å². The van der Waals surface area contributed by atoms with Crippen molar-refractivity contribution in [3.05, 3.63) is 57.3 Å². The average molecular weight is 286 g/mol. The Bertz CT molecular complexity index is 875. The molecule has 0 spiro atoms. The van der Waals surface area contributed by atoms with E-state index in [-0.39, 0.29) is 5.56 Å². The van der Waals surface area contributed by atoms with E-state index in [2.05, 4.69) is 10.1 Å². The van der Waals surface area contributed by atoms with Gasteiger partial charge in [-0.05, 0) is 36.8 Å². The molecule has 0 radical (unpaired) electrons. The molecule has 3 aromatic rings. The van der Waals surface area contributed by atoms with E-state index in [1.165, 1.54) is 0 Å². The van der Waals surface area contributed by atoms with E-state index in [9.17, 15) is 4.79 Å². The van der Waals surface area contributed by atoms with Crippen LogP contribution in [0.1, 0.15) is 5.56 Å². The van der Waals surface area contributed by atoms with Gasteiger partial charge in [0.2, 0.25) is 0 Å².